The molecule has 2 aromatic rings. The van der Waals surface area contributed by atoms with E-state index in [1.54, 1.807) is 12.1 Å². The van der Waals surface area contributed by atoms with Gasteiger partial charge in [0, 0.05) is 24.6 Å². The zero-order valence-corrected chi connectivity index (χ0v) is 13.1. The molecule has 2 atom stereocenters. The van der Waals surface area contributed by atoms with Gasteiger partial charge in [0.2, 0.25) is 5.91 Å². The van der Waals surface area contributed by atoms with Gasteiger partial charge in [-0.1, -0.05) is 0 Å². The molecule has 0 spiro atoms. The molecule has 1 aliphatic rings. The van der Waals surface area contributed by atoms with Crippen molar-refractivity contribution in [2.45, 2.75) is 32.4 Å². The number of nitrogens with one attached hydrogen (secondary N) is 1. The number of rotatable bonds is 4. The number of fused-ring (bicyclic) bond motifs is 1. The number of benzene rings is 1. The highest BCUT2D eigenvalue weighted by Gasteiger charge is 2.27. The molecule has 0 saturated heterocycles. The van der Waals surface area contributed by atoms with E-state index in [0.717, 1.165) is 11.4 Å². The monoisotopic (exact) mass is 332 g/mol. The Kier molecular flexibility index (Phi) is 4.28. The minimum atomic E-state index is -1.15. The summed E-state index contributed by atoms with van der Waals surface area (Å²) in [5, 5.41) is 20.0. The summed E-state index contributed by atoms with van der Waals surface area (Å²) < 4.78 is 15.0. The van der Waals surface area contributed by atoms with Gasteiger partial charge in [0.25, 0.3) is 0 Å². The minimum Gasteiger partial charge on any atom is -0.481 e. The lowest BCUT2D eigenvalue weighted by atomic mass is 10.0. The van der Waals surface area contributed by atoms with Crippen molar-refractivity contribution < 1.29 is 19.1 Å². The summed E-state index contributed by atoms with van der Waals surface area (Å²) in [5.41, 5.74) is 0.737. The van der Waals surface area contributed by atoms with Gasteiger partial charge < -0.3 is 15.0 Å². The predicted molar refractivity (Wildman–Crippen MR) is 82.5 cm³/mol. The summed E-state index contributed by atoms with van der Waals surface area (Å²) in [4.78, 5) is 22.8. The molecule has 1 aromatic carbocycles. The van der Waals surface area contributed by atoms with Gasteiger partial charge in [0.1, 0.15) is 17.6 Å². The summed E-state index contributed by atoms with van der Waals surface area (Å²) in [6.07, 6.45) is 1.29. The SMILES string of the molecule is CC(C(=O)O)C(=O)NC1CCc2nnc(-c3ccc(F)cc3)n2C1. The molecule has 0 radical (unpaired) electrons. The predicted octanol–water partition coefficient (Wildman–Crippen LogP) is 1.24. The molecule has 1 aromatic heterocycles. The Bertz CT molecular complexity index is 772. The Labute approximate surface area is 137 Å². The highest BCUT2D eigenvalue weighted by atomic mass is 19.1. The third-order valence-corrected chi connectivity index (χ3v) is 4.16. The molecule has 126 valence electrons. The number of aryl methyl sites for hydroxylation is 1. The average molecular weight is 332 g/mol. The Morgan fingerprint density at radius 2 is 2.04 bits per heavy atom. The number of carboxylic acids is 1. The number of halogens is 1. The van der Waals surface area contributed by atoms with Crippen LogP contribution in [0.4, 0.5) is 4.39 Å². The van der Waals surface area contributed by atoms with Crippen molar-refractivity contribution in [2.75, 3.05) is 0 Å². The van der Waals surface area contributed by atoms with Gasteiger partial charge in [0.15, 0.2) is 5.82 Å². The maximum absolute atomic E-state index is 13.1. The van der Waals surface area contributed by atoms with E-state index in [1.807, 2.05) is 4.57 Å². The van der Waals surface area contributed by atoms with Crippen LogP contribution in [0, 0.1) is 11.7 Å². The van der Waals surface area contributed by atoms with Gasteiger partial charge >= 0.3 is 5.97 Å². The van der Waals surface area contributed by atoms with Gasteiger partial charge in [-0.15, -0.1) is 10.2 Å². The Morgan fingerprint density at radius 1 is 1.33 bits per heavy atom. The molecule has 7 nitrogen and oxygen atoms in total. The fraction of sp³-hybridized carbons (Fsp3) is 0.375. The zero-order chi connectivity index (χ0) is 17.3. The highest BCUT2D eigenvalue weighted by Crippen LogP contribution is 2.23. The second kappa shape index (κ2) is 6.38. The lowest BCUT2D eigenvalue weighted by molar-refractivity contribution is -0.146. The van der Waals surface area contributed by atoms with Crippen LogP contribution in [0.2, 0.25) is 0 Å². The standard InChI is InChI=1S/C16H17FN4O3/c1-9(16(23)24)15(22)18-12-6-7-13-19-20-14(21(13)8-12)10-2-4-11(17)5-3-10/h2-5,9,12H,6-8H2,1H3,(H,18,22)(H,23,24). The molecule has 24 heavy (non-hydrogen) atoms. The van der Waals surface area contributed by atoms with Gasteiger partial charge in [0.05, 0.1) is 0 Å². The molecular weight excluding hydrogens is 315 g/mol. The van der Waals surface area contributed by atoms with Crippen LogP contribution in [0.25, 0.3) is 11.4 Å². The van der Waals surface area contributed by atoms with Gasteiger partial charge in [-0.2, -0.15) is 0 Å². The molecule has 2 N–H and O–H groups in total. The summed E-state index contributed by atoms with van der Waals surface area (Å²) in [6, 6.07) is 5.77. The maximum Gasteiger partial charge on any atom is 0.315 e. The summed E-state index contributed by atoms with van der Waals surface area (Å²) in [6.45, 7) is 1.81. The van der Waals surface area contributed by atoms with Crippen LogP contribution in [0.1, 0.15) is 19.2 Å². The lowest BCUT2D eigenvalue weighted by Gasteiger charge is -2.26. The molecular formula is C16H17FN4O3. The van der Waals surface area contributed by atoms with E-state index in [4.69, 9.17) is 5.11 Å². The van der Waals surface area contributed by atoms with E-state index >= 15 is 0 Å². The number of hydrogen-bond donors (Lipinski definition) is 2. The maximum atomic E-state index is 13.1. The molecule has 1 amide bonds. The van der Waals surface area contributed by atoms with Gasteiger partial charge in [-0.3, -0.25) is 9.59 Å². The third kappa shape index (κ3) is 3.12. The van der Waals surface area contributed by atoms with Crippen LogP contribution in [-0.4, -0.2) is 37.8 Å². The Balaban J connectivity index is 1.78. The quantitative estimate of drug-likeness (QED) is 0.821. The average Bonchev–Trinajstić information content (AvgIpc) is 2.98. The molecule has 8 heteroatoms. The summed E-state index contributed by atoms with van der Waals surface area (Å²) >= 11 is 0. The smallest absolute Gasteiger partial charge is 0.315 e. The van der Waals surface area contributed by atoms with Crippen molar-refractivity contribution in [3.8, 4) is 11.4 Å². The second-order valence-corrected chi connectivity index (χ2v) is 5.86. The lowest BCUT2D eigenvalue weighted by Crippen LogP contribution is -2.44. The zero-order valence-electron chi connectivity index (χ0n) is 13.1. The number of nitrogens with zero attached hydrogens (tertiary/aromatic N) is 3. The molecule has 2 heterocycles. The van der Waals surface area contributed by atoms with Crippen molar-refractivity contribution in [3.05, 3.63) is 35.9 Å². The van der Waals surface area contributed by atoms with E-state index in [2.05, 4.69) is 15.5 Å². The van der Waals surface area contributed by atoms with Crippen LogP contribution >= 0.6 is 0 Å². The van der Waals surface area contributed by atoms with E-state index in [-0.39, 0.29) is 11.9 Å². The Morgan fingerprint density at radius 3 is 2.71 bits per heavy atom. The van der Waals surface area contributed by atoms with E-state index in [1.165, 1.54) is 19.1 Å². The van der Waals surface area contributed by atoms with Crippen molar-refractivity contribution in [1.82, 2.24) is 20.1 Å². The fourth-order valence-corrected chi connectivity index (χ4v) is 2.70. The van der Waals surface area contributed by atoms with Gasteiger partial charge in [-0.05, 0) is 37.6 Å². The first-order valence-corrected chi connectivity index (χ1v) is 7.67. The molecule has 0 saturated carbocycles. The van der Waals surface area contributed by atoms with Crippen LogP contribution in [-0.2, 0) is 22.6 Å². The summed E-state index contributed by atoms with van der Waals surface area (Å²) in [7, 11) is 0. The highest BCUT2D eigenvalue weighted by molar-refractivity contribution is 5.96. The van der Waals surface area contributed by atoms with Crippen LogP contribution in [0.3, 0.4) is 0 Å². The minimum absolute atomic E-state index is 0.193. The van der Waals surface area contributed by atoms with Crippen LogP contribution in [0.5, 0.6) is 0 Å². The number of hydrogen-bond acceptors (Lipinski definition) is 4. The molecule has 3 rings (SSSR count). The largest absolute Gasteiger partial charge is 0.481 e. The third-order valence-electron chi connectivity index (χ3n) is 4.16. The molecule has 0 bridgehead atoms. The fourth-order valence-electron chi connectivity index (χ4n) is 2.70. The topological polar surface area (TPSA) is 97.1 Å². The molecule has 0 aliphatic carbocycles. The number of carbonyl (C=O) groups excluding carboxylic acids is 1. The van der Waals surface area contributed by atoms with Crippen LogP contribution in [0.15, 0.2) is 24.3 Å². The van der Waals surface area contributed by atoms with Crippen molar-refractivity contribution in [3.63, 3.8) is 0 Å². The molecule has 2 unspecified atom stereocenters. The number of aliphatic carboxylic acids is 1. The first-order chi connectivity index (χ1) is 11.5. The molecule has 0 fully saturated rings. The van der Waals surface area contributed by atoms with Crippen LogP contribution < -0.4 is 5.32 Å². The first-order valence-electron chi connectivity index (χ1n) is 7.67. The van der Waals surface area contributed by atoms with Crippen molar-refractivity contribution in [2.24, 2.45) is 5.92 Å². The summed E-state index contributed by atoms with van der Waals surface area (Å²) in [5.74, 6) is -1.68. The van der Waals surface area contributed by atoms with Gasteiger partial charge in [-0.25, -0.2) is 4.39 Å². The number of aromatic nitrogens is 3. The second-order valence-electron chi connectivity index (χ2n) is 5.86. The van der Waals surface area contributed by atoms with Crippen molar-refractivity contribution >= 4 is 11.9 Å². The first kappa shape index (κ1) is 16.1. The van der Waals surface area contributed by atoms with E-state index < -0.39 is 17.8 Å². The normalized spacial score (nSPS) is 17.8. The number of carbonyl (C=O) groups is 2. The van der Waals surface area contributed by atoms with E-state index in [0.29, 0.717) is 25.2 Å². The van der Waals surface area contributed by atoms with E-state index in [9.17, 15) is 14.0 Å². The number of amides is 1. The number of carboxylic acid groups (broad SMARTS) is 1. The van der Waals surface area contributed by atoms with Crippen molar-refractivity contribution in [1.29, 1.82) is 0 Å². The molecule has 1 aliphatic heterocycles. The Hall–Kier alpha value is -2.77.